The van der Waals surface area contributed by atoms with Crippen molar-refractivity contribution in [1.29, 1.82) is 0 Å². The zero-order chi connectivity index (χ0) is 13.8. The highest BCUT2D eigenvalue weighted by Crippen LogP contribution is 2.22. The standard InChI is InChI=1S/C14H17N3O2/c1-10(14(18)19-3)8-17(2)13-11-6-4-5-7-12(11)15-9-16-13/h4-7,9-10H,8H2,1-3H3. The zero-order valence-electron chi connectivity index (χ0n) is 11.3. The Kier molecular flexibility index (Phi) is 3.94. The van der Waals surface area contributed by atoms with Gasteiger partial charge in [-0.1, -0.05) is 19.1 Å². The van der Waals surface area contributed by atoms with Crippen LogP contribution in [-0.2, 0) is 9.53 Å². The molecule has 1 unspecified atom stereocenters. The number of para-hydroxylation sites is 1. The summed E-state index contributed by atoms with van der Waals surface area (Å²) in [6.07, 6.45) is 1.54. The Bertz CT molecular complexity index is 580. The van der Waals surface area contributed by atoms with E-state index in [0.717, 1.165) is 16.7 Å². The second kappa shape index (κ2) is 5.65. The number of carbonyl (C=O) groups is 1. The van der Waals surface area contributed by atoms with Crippen LogP contribution in [0.4, 0.5) is 5.82 Å². The van der Waals surface area contributed by atoms with E-state index in [4.69, 9.17) is 4.74 Å². The molecule has 0 aliphatic rings. The van der Waals surface area contributed by atoms with Crippen LogP contribution < -0.4 is 4.90 Å². The summed E-state index contributed by atoms with van der Waals surface area (Å²) in [5.41, 5.74) is 0.894. The minimum absolute atomic E-state index is 0.205. The van der Waals surface area contributed by atoms with Crippen molar-refractivity contribution in [1.82, 2.24) is 9.97 Å². The molecule has 2 rings (SSSR count). The predicted octanol–water partition coefficient (Wildman–Crippen LogP) is 1.88. The normalized spacial score (nSPS) is 12.2. The van der Waals surface area contributed by atoms with Crippen molar-refractivity contribution in [2.45, 2.75) is 6.92 Å². The van der Waals surface area contributed by atoms with Gasteiger partial charge in [0.05, 0.1) is 18.5 Å². The molecular formula is C14H17N3O2. The van der Waals surface area contributed by atoms with Gasteiger partial charge in [-0.2, -0.15) is 0 Å². The van der Waals surface area contributed by atoms with E-state index in [-0.39, 0.29) is 11.9 Å². The summed E-state index contributed by atoms with van der Waals surface area (Å²) in [4.78, 5) is 21.9. The number of rotatable bonds is 4. The van der Waals surface area contributed by atoms with Crippen molar-refractivity contribution in [3.05, 3.63) is 30.6 Å². The van der Waals surface area contributed by atoms with Crippen LogP contribution in [0.2, 0.25) is 0 Å². The Hall–Kier alpha value is -2.17. The average molecular weight is 259 g/mol. The van der Waals surface area contributed by atoms with E-state index >= 15 is 0 Å². The van der Waals surface area contributed by atoms with Gasteiger partial charge in [0.1, 0.15) is 12.1 Å². The summed E-state index contributed by atoms with van der Waals surface area (Å²) in [7, 11) is 3.31. The molecule has 1 aromatic carbocycles. The number of esters is 1. The van der Waals surface area contributed by atoms with Gasteiger partial charge in [-0.3, -0.25) is 4.79 Å². The summed E-state index contributed by atoms with van der Waals surface area (Å²) < 4.78 is 4.74. The number of aromatic nitrogens is 2. The lowest BCUT2D eigenvalue weighted by atomic mass is 10.1. The molecule has 5 nitrogen and oxygen atoms in total. The summed E-state index contributed by atoms with van der Waals surface area (Å²) in [6.45, 7) is 2.39. The first-order valence-electron chi connectivity index (χ1n) is 6.12. The third-order valence-corrected chi connectivity index (χ3v) is 3.03. The predicted molar refractivity (Wildman–Crippen MR) is 74.0 cm³/mol. The highest BCUT2D eigenvalue weighted by molar-refractivity contribution is 5.89. The number of hydrogen-bond acceptors (Lipinski definition) is 5. The molecule has 0 spiro atoms. The SMILES string of the molecule is COC(=O)C(C)CN(C)c1ncnc2ccccc12. The molecule has 100 valence electrons. The Labute approximate surface area is 112 Å². The van der Waals surface area contributed by atoms with E-state index in [1.807, 2.05) is 43.1 Å². The van der Waals surface area contributed by atoms with Crippen molar-refractivity contribution < 1.29 is 9.53 Å². The molecule has 1 atom stereocenters. The van der Waals surface area contributed by atoms with Gasteiger partial charge in [0.2, 0.25) is 0 Å². The molecule has 0 N–H and O–H groups in total. The van der Waals surface area contributed by atoms with Crippen LogP contribution in [0.5, 0.6) is 0 Å². The van der Waals surface area contributed by atoms with Crippen LogP contribution in [0, 0.1) is 5.92 Å². The number of nitrogens with zero attached hydrogens (tertiary/aromatic N) is 3. The smallest absolute Gasteiger partial charge is 0.310 e. The molecule has 0 aliphatic heterocycles. The number of carbonyl (C=O) groups excluding carboxylic acids is 1. The van der Waals surface area contributed by atoms with Crippen molar-refractivity contribution in [2.75, 3.05) is 25.6 Å². The van der Waals surface area contributed by atoms with Gasteiger partial charge in [-0.15, -0.1) is 0 Å². The Morgan fingerprint density at radius 3 is 2.84 bits per heavy atom. The highest BCUT2D eigenvalue weighted by atomic mass is 16.5. The molecule has 1 heterocycles. The first-order valence-corrected chi connectivity index (χ1v) is 6.12. The van der Waals surface area contributed by atoms with Gasteiger partial charge in [-0.25, -0.2) is 9.97 Å². The summed E-state index contributed by atoms with van der Waals surface area (Å²) in [6, 6.07) is 7.81. The molecule has 0 saturated carbocycles. The quantitative estimate of drug-likeness (QED) is 0.785. The van der Waals surface area contributed by atoms with E-state index in [1.165, 1.54) is 13.4 Å². The van der Waals surface area contributed by atoms with E-state index in [9.17, 15) is 4.79 Å². The maximum Gasteiger partial charge on any atom is 0.310 e. The summed E-state index contributed by atoms with van der Waals surface area (Å²) in [5, 5.41) is 0.976. The molecule has 0 aliphatic carbocycles. The molecule has 2 aromatic rings. The number of fused-ring (bicyclic) bond motifs is 1. The topological polar surface area (TPSA) is 55.3 Å². The Morgan fingerprint density at radius 2 is 2.11 bits per heavy atom. The fourth-order valence-electron chi connectivity index (χ4n) is 2.07. The van der Waals surface area contributed by atoms with Crippen LogP contribution >= 0.6 is 0 Å². The van der Waals surface area contributed by atoms with Gasteiger partial charge in [0.15, 0.2) is 0 Å². The number of methoxy groups -OCH3 is 1. The second-order valence-corrected chi connectivity index (χ2v) is 4.52. The lowest BCUT2D eigenvalue weighted by Gasteiger charge is -2.22. The van der Waals surface area contributed by atoms with Gasteiger partial charge in [0.25, 0.3) is 0 Å². The Morgan fingerprint density at radius 1 is 1.37 bits per heavy atom. The average Bonchev–Trinajstić information content (AvgIpc) is 2.45. The molecule has 19 heavy (non-hydrogen) atoms. The lowest BCUT2D eigenvalue weighted by molar-refractivity contribution is -0.144. The number of ether oxygens (including phenoxy) is 1. The van der Waals surface area contributed by atoms with Crippen LogP contribution in [0.1, 0.15) is 6.92 Å². The monoisotopic (exact) mass is 259 g/mol. The third-order valence-electron chi connectivity index (χ3n) is 3.03. The summed E-state index contributed by atoms with van der Waals surface area (Å²) in [5.74, 6) is 0.398. The van der Waals surface area contributed by atoms with Crippen molar-refractivity contribution >= 4 is 22.7 Å². The van der Waals surface area contributed by atoms with E-state index < -0.39 is 0 Å². The third kappa shape index (κ3) is 2.81. The summed E-state index contributed by atoms with van der Waals surface area (Å²) >= 11 is 0. The van der Waals surface area contributed by atoms with Gasteiger partial charge in [-0.05, 0) is 12.1 Å². The van der Waals surface area contributed by atoms with Crippen LogP contribution in [0.3, 0.4) is 0 Å². The van der Waals surface area contributed by atoms with Crippen molar-refractivity contribution in [2.24, 2.45) is 5.92 Å². The van der Waals surface area contributed by atoms with Crippen molar-refractivity contribution in [3.63, 3.8) is 0 Å². The van der Waals surface area contributed by atoms with Gasteiger partial charge in [0, 0.05) is 19.0 Å². The Balaban J connectivity index is 2.26. The molecular weight excluding hydrogens is 242 g/mol. The minimum Gasteiger partial charge on any atom is -0.469 e. The number of anilines is 1. The largest absolute Gasteiger partial charge is 0.469 e. The molecule has 5 heteroatoms. The zero-order valence-corrected chi connectivity index (χ0v) is 11.3. The maximum atomic E-state index is 11.5. The molecule has 0 fully saturated rings. The van der Waals surface area contributed by atoms with E-state index in [0.29, 0.717) is 6.54 Å². The van der Waals surface area contributed by atoms with Gasteiger partial charge >= 0.3 is 5.97 Å². The molecule has 0 amide bonds. The molecule has 0 radical (unpaired) electrons. The maximum absolute atomic E-state index is 11.5. The highest BCUT2D eigenvalue weighted by Gasteiger charge is 2.17. The van der Waals surface area contributed by atoms with Crippen LogP contribution in [0.15, 0.2) is 30.6 Å². The van der Waals surface area contributed by atoms with Crippen molar-refractivity contribution in [3.8, 4) is 0 Å². The van der Waals surface area contributed by atoms with E-state index in [1.54, 1.807) is 0 Å². The number of benzene rings is 1. The number of hydrogen-bond donors (Lipinski definition) is 0. The first kappa shape index (κ1) is 13.3. The molecule has 0 saturated heterocycles. The second-order valence-electron chi connectivity index (χ2n) is 4.52. The fourth-order valence-corrected chi connectivity index (χ4v) is 2.07. The lowest BCUT2D eigenvalue weighted by Crippen LogP contribution is -2.30. The molecule has 1 aromatic heterocycles. The first-order chi connectivity index (χ1) is 9.13. The van der Waals surface area contributed by atoms with Crippen LogP contribution in [-0.4, -0.2) is 36.6 Å². The molecule has 0 bridgehead atoms. The fraction of sp³-hybridized carbons (Fsp3) is 0.357. The van der Waals surface area contributed by atoms with Crippen LogP contribution in [0.25, 0.3) is 10.9 Å². The van der Waals surface area contributed by atoms with Gasteiger partial charge < -0.3 is 9.64 Å². The minimum atomic E-state index is -0.217. The van der Waals surface area contributed by atoms with E-state index in [2.05, 4.69) is 9.97 Å².